The third kappa shape index (κ3) is 3.97. The molecule has 3 aromatic rings. The molecule has 0 spiro atoms. The standard InChI is InChI=1S/C17H11Cl2F3N2O2S/c1-27(25,26)11-5-2-9(3-6-11)15-14(16(24-23-15)17(20,21)22)12-7-4-10(18)8-13(12)19/h2-8H,1H3,(H,23,24). The van der Waals surface area contributed by atoms with Gasteiger partial charge in [0.1, 0.15) is 11.4 Å². The van der Waals surface area contributed by atoms with Crippen LogP contribution in [0.1, 0.15) is 5.69 Å². The Morgan fingerprint density at radius 1 is 1.04 bits per heavy atom. The van der Waals surface area contributed by atoms with Crippen molar-refractivity contribution in [3.63, 3.8) is 0 Å². The van der Waals surface area contributed by atoms with Gasteiger partial charge in [-0.2, -0.15) is 18.3 Å². The summed E-state index contributed by atoms with van der Waals surface area (Å²) < 4.78 is 63.6. The second kappa shape index (κ2) is 6.85. The molecule has 0 fully saturated rings. The molecule has 0 radical (unpaired) electrons. The van der Waals surface area contributed by atoms with E-state index in [0.717, 1.165) is 6.26 Å². The van der Waals surface area contributed by atoms with E-state index in [9.17, 15) is 21.6 Å². The van der Waals surface area contributed by atoms with Crippen LogP contribution in [0.5, 0.6) is 0 Å². The maximum absolute atomic E-state index is 13.5. The highest BCUT2D eigenvalue weighted by Gasteiger charge is 2.38. The molecule has 0 amide bonds. The number of benzene rings is 2. The number of aromatic amines is 1. The van der Waals surface area contributed by atoms with Crippen molar-refractivity contribution >= 4 is 33.0 Å². The zero-order valence-corrected chi connectivity index (χ0v) is 15.9. The van der Waals surface area contributed by atoms with E-state index in [1.54, 1.807) is 0 Å². The fraction of sp³-hybridized carbons (Fsp3) is 0.118. The first-order chi connectivity index (χ1) is 12.5. The first kappa shape index (κ1) is 19.7. The van der Waals surface area contributed by atoms with Gasteiger partial charge in [-0.1, -0.05) is 41.4 Å². The van der Waals surface area contributed by atoms with Crippen molar-refractivity contribution in [2.75, 3.05) is 6.26 Å². The van der Waals surface area contributed by atoms with Gasteiger partial charge in [-0.05, 0) is 24.3 Å². The average molecular weight is 435 g/mol. The van der Waals surface area contributed by atoms with E-state index in [4.69, 9.17) is 23.2 Å². The van der Waals surface area contributed by atoms with Gasteiger partial charge in [0.15, 0.2) is 9.84 Å². The summed E-state index contributed by atoms with van der Waals surface area (Å²) in [6.45, 7) is 0. The normalized spacial score (nSPS) is 12.4. The summed E-state index contributed by atoms with van der Waals surface area (Å²) >= 11 is 12.0. The second-order valence-electron chi connectivity index (χ2n) is 5.74. The molecular formula is C17H11Cl2F3N2O2S. The first-order valence-corrected chi connectivity index (χ1v) is 10.0. The van der Waals surface area contributed by atoms with Crippen LogP contribution in [0.15, 0.2) is 47.4 Å². The lowest BCUT2D eigenvalue weighted by Gasteiger charge is -2.11. The number of nitrogens with zero attached hydrogens (tertiary/aromatic N) is 1. The molecule has 1 N–H and O–H groups in total. The minimum absolute atomic E-state index is 0.00778. The van der Waals surface area contributed by atoms with Crippen molar-refractivity contribution in [2.45, 2.75) is 11.1 Å². The SMILES string of the molecule is CS(=O)(=O)c1ccc(-c2n[nH]c(C(F)(F)F)c2-c2ccc(Cl)cc2Cl)cc1. The lowest BCUT2D eigenvalue weighted by atomic mass is 9.98. The van der Waals surface area contributed by atoms with Crippen molar-refractivity contribution in [3.8, 4) is 22.4 Å². The predicted octanol–water partition coefficient (Wildman–Crippen LogP) is 5.47. The summed E-state index contributed by atoms with van der Waals surface area (Å²) in [7, 11) is -3.44. The Morgan fingerprint density at radius 3 is 2.19 bits per heavy atom. The van der Waals surface area contributed by atoms with Gasteiger partial charge >= 0.3 is 6.18 Å². The van der Waals surface area contributed by atoms with Crippen LogP contribution in [-0.2, 0) is 16.0 Å². The zero-order valence-electron chi connectivity index (χ0n) is 13.6. The molecule has 0 bridgehead atoms. The summed E-state index contributed by atoms with van der Waals surface area (Å²) in [5, 5.41) is 6.12. The molecule has 0 unspecified atom stereocenters. The summed E-state index contributed by atoms with van der Waals surface area (Å²) in [6, 6.07) is 9.52. The topological polar surface area (TPSA) is 62.8 Å². The van der Waals surface area contributed by atoms with E-state index in [0.29, 0.717) is 5.56 Å². The van der Waals surface area contributed by atoms with Crippen LogP contribution in [0, 0.1) is 0 Å². The Bertz CT molecular complexity index is 1110. The highest BCUT2D eigenvalue weighted by atomic mass is 35.5. The summed E-state index contributed by atoms with van der Waals surface area (Å²) in [5.74, 6) is 0. The molecule has 1 aromatic heterocycles. The Labute approximate surface area is 162 Å². The van der Waals surface area contributed by atoms with E-state index in [2.05, 4.69) is 5.10 Å². The Morgan fingerprint density at radius 2 is 1.67 bits per heavy atom. The molecule has 3 rings (SSSR count). The van der Waals surface area contributed by atoms with E-state index in [1.807, 2.05) is 5.10 Å². The summed E-state index contributed by atoms with van der Waals surface area (Å²) in [6.07, 6.45) is -3.66. The van der Waals surface area contributed by atoms with Gasteiger partial charge in [0.05, 0.1) is 9.92 Å². The van der Waals surface area contributed by atoms with Crippen LogP contribution in [0.25, 0.3) is 22.4 Å². The average Bonchev–Trinajstić information content (AvgIpc) is 2.99. The minimum Gasteiger partial charge on any atom is -0.272 e. The number of aromatic nitrogens is 2. The Hall–Kier alpha value is -2.03. The van der Waals surface area contributed by atoms with Crippen LogP contribution in [0.4, 0.5) is 13.2 Å². The molecule has 10 heteroatoms. The predicted molar refractivity (Wildman–Crippen MR) is 97.6 cm³/mol. The van der Waals surface area contributed by atoms with Crippen molar-refractivity contribution in [1.82, 2.24) is 10.2 Å². The van der Waals surface area contributed by atoms with Gasteiger partial charge < -0.3 is 0 Å². The summed E-state index contributed by atoms with van der Waals surface area (Å²) in [4.78, 5) is 0.0453. The van der Waals surface area contributed by atoms with Crippen LogP contribution in [0.3, 0.4) is 0 Å². The zero-order chi connectivity index (χ0) is 20.0. The Kier molecular flexibility index (Phi) is 5.00. The molecule has 0 saturated carbocycles. The number of hydrogen-bond donors (Lipinski definition) is 1. The number of hydrogen-bond acceptors (Lipinski definition) is 3. The lowest BCUT2D eigenvalue weighted by molar-refractivity contribution is -0.140. The number of H-pyrrole nitrogens is 1. The number of nitrogens with one attached hydrogen (secondary N) is 1. The highest BCUT2D eigenvalue weighted by molar-refractivity contribution is 7.90. The van der Waals surface area contributed by atoms with Crippen LogP contribution < -0.4 is 0 Å². The number of sulfone groups is 1. The smallest absolute Gasteiger partial charge is 0.272 e. The van der Waals surface area contributed by atoms with Crippen LogP contribution >= 0.6 is 23.2 Å². The monoisotopic (exact) mass is 434 g/mol. The van der Waals surface area contributed by atoms with Crippen LogP contribution in [0.2, 0.25) is 10.0 Å². The third-order valence-electron chi connectivity index (χ3n) is 3.81. The van der Waals surface area contributed by atoms with Gasteiger partial charge in [-0.3, -0.25) is 5.10 Å². The van der Waals surface area contributed by atoms with E-state index in [1.165, 1.54) is 42.5 Å². The fourth-order valence-corrected chi connectivity index (χ4v) is 3.70. The van der Waals surface area contributed by atoms with Crippen LogP contribution in [-0.4, -0.2) is 24.9 Å². The fourth-order valence-electron chi connectivity index (χ4n) is 2.57. The molecule has 27 heavy (non-hydrogen) atoms. The molecule has 142 valence electrons. The van der Waals surface area contributed by atoms with Gasteiger partial charge in [-0.25, -0.2) is 8.42 Å². The maximum atomic E-state index is 13.5. The molecular weight excluding hydrogens is 424 g/mol. The molecule has 0 saturated heterocycles. The number of halogens is 5. The first-order valence-electron chi connectivity index (χ1n) is 7.40. The molecule has 0 atom stereocenters. The third-order valence-corrected chi connectivity index (χ3v) is 5.48. The second-order valence-corrected chi connectivity index (χ2v) is 8.60. The van der Waals surface area contributed by atoms with Gasteiger partial charge in [0, 0.05) is 28.0 Å². The molecule has 0 aliphatic heterocycles. The maximum Gasteiger partial charge on any atom is 0.433 e. The van der Waals surface area contributed by atoms with Crippen molar-refractivity contribution in [2.24, 2.45) is 0 Å². The van der Waals surface area contributed by atoms with Gasteiger partial charge in [0.25, 0.3) is 0 Å². The molecule has 0 aliphatic carbocycles. The minimum atomic E-state index is -4.70. The lowest BCUT2D eigenvalue weighted by Crippen LogP contribution is -2.07. The van der Waals surface area contributed by atoms with Gasteiger partial charge in [-0.15, -0.1) is 0 Å². The van der Waals surface area contributed by atoms with Gasteiger partial charge in [0.2, 0.25) is 0 Å². The summed E-state index contributed by atoms with van der Waals surface area (Å²) in [5.41, 5.74) is -0.906. The molecule has 2 aromatic carbocycles. The van der Waals surface area contributed by atoms with Crippen molar-refractivity contribution in [1.29, 1.82) is 0 Å². The molecule has 0 aliphatic rings. The quantitative estimate of drug-likeness (QED) is 0.593. The number of rotatable bonds is 3. The molecule has 4 nitrogen and oxygen atoms in total. The van der Waals surface area contributed by atoms with E-state index < -0.39 is 21.7 Å². The Balaban J connectivity index is 2.24. The van der Waals surface area contributed by atoms with Crippen molar-refractivity contribution in [3.05, 3.63) is 58.2 Å². The van der Waals surface area contributed by atoms with Crippen molar-refractivity contribution < 1.29 is 21.6 Å². The largest absolute Gasteiger partial charge is 0.433 e. The highest BCUT2D eigenvalue weighted by Crippen LogP contribution is 2.43. The number of alkyl halides is 3. The van der Waals surface area contributed by atoms with E-state index in [-0.39, 0.29) is 31.8 Å². The van der Waals surface area contributed by atoms with E-state index >= 15 is 0 Å². The molecule has 1 heterocycles.